The molecule has 28 heavy (non-hydrogen) atoms. The molecule has 1 aromatic carbocycles. The van der Waals surface area contributed by atoms with Crippen LogP contribution < -0.4 is 5.32 Å². The van der Waals surface area contributed by atoms with Gasteiger partial charge in [-0.2, -0.15) is 5.10 Å². The van der Waals surface area contributed by atoms with Gasteiger partial charge in [-0.25, -0.2) is 19.6 Å². The fraction of sp³-hybridized carbons (Fsp3) is 0.0476. The smallest absolute Gasteiger partial charge is 0.153 e. The van der Waals surface area contributed by atoms with Gasteiger partial charge in [0.1, 0.15) is 17.0 Å². The summed E-state index contributed by atoms with van der Waals surface area (Å²) in [6.07, 6.45) is 7.02. The minimum atomic E-state index is 0.638. The first-order valence-corrected chi connectivity index (χ1v) is 9.67. The van der Waals surface area contributed by atoms with Crippen LogP contribution in [0.15, 0.2) is 79.5 Å². The molecule has 1 N–H and O–H groups in total. The van der Waals surface area contributed by atoms with Gasteiger partial charge in [-0.15, -0.1) is 11.3 Å². The summed E-state index contributed by atoms with van der Waals surface area (Å²) in [5.74, 6) is 1.62. The normalized spacial score (nSPS) is 11.0. The first-order valence-electron chi connectivity index (χ1n) is 8.85. The number of aromatic nitrogens is 5. The summed E-state index contributed by atoms with van der Waals surface area (Å²) in [5.41, 5.74) is 2.29. The van der Waals surface area contributed by atoms with Crippen molar-refractivity contribution in [2.24, 2.45) is 0 Å². The van der Waals surface area contributed by atoms with Gasteiger partial charge in [0.25, 0.3) is 0 Å². The van der Waals surface area contributed by atoms with Gasteiger partial charge in [-0.1, -0.05) is 30.3 Å². The molecule has 0 aliphatic carbocycles. The number of nitrogens with one attached hydrogen (secondary N) is 1. The number of nitrogens with zero attached hydrogens (tertiary/aromatic N) is 5. The summed E-state index contributed by atoms with van der Waals surface area (Å²) in [5, 5.41) is 8.71. The largest absolute Gasteiger partial charge is 0.365 e. The van der Waals surface area contributed by atoms with E-state index in [4.69, 9.17) is 0 Å². The lowest BCUT2D eigenvalue weighted by molar-refractivity contribution is 0.843. The molecule has 136 valence electrons. The zero-order valence-electron chi connectivity index (χ0n) is 14.9. The highest BCUT2D eigenvalue weighted by atomic mass is 32.1. The molecule has 7 heteroatoms. The Hall–Kier alpha value is -3.58. The summed E-state index contributed by atoms with van der Waals surface area (Å²) in [6.45, 7) is 0.638. The van der Waals surface area contributed by atoms with E-state index in [0.717, 1.165) is 27.4 Å². The van der Waals surface area contributed by atoms with E-state index in [0.29, 0.717) is 6.54 Å². The molecule has 0 aliphatic heterocycles. The van der Waals surface area contributed by atoms with E-state index in [1.165, 1.54) is 10.4 Å². The second kappa shape index (κ2) is 7.21. The second-order valence-electron chi connectivity index (χ2n) is 6.24. The molecule has 5 rings (SSSR count). The average molecular weight is 384 g/mol. The summed E-state index contributed by atoms with van der Waals surface area (Å²) >= 11 is 1.67. The van der Waals surface area contributed by atoms with Crippen LogP contribution in [0, 0.1) is 0 Å². The third-order valence-corrected chi connectivity index (χ3v) is 5.49. The van der Waals surface area contributed by atoms with Gasteiger partial charge in [0.05, 0.1) is 5.39 Å². The molecule has 0 fully saturated rings. The number of pyridine rings is 1. The van der Waals surface area contributed by atoms with Crippen LogP contribution in [-0.4, -0.2) is 24.7 Å². The van der Waals surface area contributed by atoms with Crippen LogP contribution in [0.2, 0.25) is 0 Å². The molecule has 0 radical (unpaired) electrons. The minimum Gasteiger partial charge on any atom is -0.365 e. The molecule has 5 aromatic rings. The van der Waals surface area contributed by atoms with Crippen molar-refractivity contribution in [1.82, 2.24) is 24.7 Å². The third kappa shape index (κ3) is 3.23. The van der Waals surface area contributed by atoms with Gasteiger partial charge < -0.3 is 5.32 Å². The van der Waals surface area contributed by atoms with Crippen molar-refractivity contribution in [3.8, 4) is 16.3 Å². The zero-order valence-corrected chi connectivity index (χ0v) is 15.7. The quantitative estimate of drug-likeness (QED) is 0.481. The second-order valence-corrected chi connectivity index (χ2v) is 7.27. The molecule has 0 atom stereocenters. The Balaban J connectivity index is 1.41. The topological polar surface area (TPSA) is 68.5 Å². The minimum absolute atomic E-state index is 0.638. The zero-order chi connectivity index (χ0) is 18.8. The monoisotopic (exact) mass is 384 g/mol. The number of hydrogen-bond donors (Lipinski definition) is 1. The molecule has 0 saturated carbocycles. The Morgan fingerprint density at radius 2 is 1.86 bits per heavy atom. The van der Waals surface area contributed by atoms with E-state index >= 15 is 0 Å². The van der Waals surface area contributed by atoms with Crippen molar-refractivity contribution in [1.29, 1.82) is 0 Å². The van der Waals surface area contributed by atoms with Gasteiger partial charge in [-0.05, 0) is 35.4 Å². The van der Waals surface area contributed by atoms with E-state index in [9.17, 15) is 0 Å². The molecule has 4 aromatic heterocycles. The Morgan fingerprint density at radius 1 is 0.929 bits per heavy atom. The molecule has 0 unspecified atom stereocenters. The number of fused-ring (bicyclic) bond motifs is 1. The maximum atomic E-state index is 4.45. The predicted octanol–water partition coefficient (Wildman–Crippen LogP) is 4.55. The molecule has 4 heterocycles. The summed E-state index contributed by atoms with van der Waals surface area (Å²) in [7, 11) is 0. The molecule has 0 spiro atoms. The molecule has 0 amide bonds. The van der Waals surface area contributed by atoms with Gasteiger partial charge >= 0.3 is 0 Å². The van der Waals surface area contributed by atoms with Crippen LogP contribution >= 0.6 is 11.3 Å². The van der Waals surface area contributed by atoms with E-state index in [1.807, 2.05) is 42.6 Å². The van der Waals surface area contributed by atoms with Crippen LogP contribution in [0.1, 0.15) is 5.56 Å². The fourth-order valence-corrected chi connectivity index (χ4v) is 4.03. The Kier molecular flexibility index (Phi) is 4.27. The van der Waals surface area contributed by atoms with Gasteiger partial charge in [-0.3, -0.25) is 0 Å². The van der Waals surface area contributed by atoms with Crippen molar-refractivity contribution in [2.75, 3.05) is 5.32 Å². The summed E-state index contributed by atoms with van der Waals surface area (Å²) < 4.78 is 1.75. The molecular formula is C21H16N6S. The van der Waals surface area contributed by atoms with E-state index in [2.05, 4.69) is 43.6 Å². The average Bonchev–Trinajstić information content (AvgIpc) is 3.43. The SMILES string of the molecule is c1ccc(-c2cc3c(NCc4ccnc(-n5cccn5)c4)ncnc3s2)cc1. The van der Waals surface area contributed by atoms with Crippen LogP contribution in [0.25, 0.3) is 26.5 Å². The summed E-state index contributed by atoms with van der Waals surface area (Å²) in [4.78, 5) is 15.4. The number of rotatable bonds is 5. The fourth-order valence-electron chi connectivity index (χ4n) is 3.03. The lowest BCUT2D eigenvalue weighted by Gasteiger charge is -2.08. The van der Waals surface area contributed by atoms with Crippen molar-refractivity contribution in [3.05, 3.63) is 85.1 Å². The van der Waals surface area contributed by atoms with Gasteiger partial charge in [0, 0.05) is 30.0 Å². The Labute approximate surface area is 165 Å². The van der Waals surface area contributed by atoms with Crippen molar-refractivity contribution >= 4 is 27.4 Å². The number of anilines is 1. The predicted molar refractivity (Wildman–Crippen MR) is 112 cm³/mol. The van der Waals surface area contributed by atoms with E-state index in [-0.39, 0.29) is 0 Å². The maximum absolute atomic E-state index is 4.45. The van der Waals surface area contributed by atoms with Gasteiger partial charge in [0.2, 0.25) is 0 Å². The first kappa shape index (κ1) is 16.6. The molecule has 0 saturated heterocycles. The highest BCUT2D eigenvalue weighted by Gasteiger charge is 2.10. The van der Waals surface area contributed by atoms with E-state index in [1.54, 1.807) is 34.7 Å². The van der Waals surface area contributed by atoms with Crippen LogP contribution in [0.4, 0.5) is 5.82 Å². The van der Waals surface area contributed by atoms with Crippen LogP contribution in [0.5, 0.6) is 0 Å². The van der Waals surface area contributed by atoms with E-state index < -0.39 is 0 Å². The molecule has 0 bridgehead atoms. The highest BCUT2D eigenvalue weighted by molar-refractivity contribution is 7.21. The molecular weight excluding hydrogens is 368 g/mol. The van der Waals surface area contributed by atoms with Crippen LogP contribution in [-0.2, 0) is 6.54 Å². The standard InChI is InChI=1S/C21H16N6S/c1-2-5-16(6-3-1)18-12-17-20(24-14-25-21(17)28-18)23-13-15-7-9-22-19(11-15)27-10-4-8-26-27/h1-12,14H,13H2,(H,23,24,25). The number of benzene rings is 1. The third-order valence-electron chi connectivity index (χ3n) is 4.40. The maximum Gasteiger partial charge on any atom is 0.153 e. The van der Waals surface area contributed by atoms with Crippen LogP contribution in [0.3, 0.4) is 0 Å². The molecule has 6 nitrogen and oxygen atoms in total. The number of thiophene rings is 1. The first-order chi connectivity index (χ1) is 13.9. The molecule has 0 aliphatic rings. The lowest BCUT2D eigenvalue weighted by atomic mass is 10.2. The Morgan fingerprint density at radius 3 is 2.71 bits per heavy atom. The highest BCUT2D eigenvalue weighted by Crippen LogP contribution is 2.34. The summed E-state index contributed by atoms with van der Waals surface area (Å²) in [6, 6.07) is 18.4. The van der Waals surface area contributed by atoms with Crippen molar-refractivity contribution in [2.45, 2.75) is 6.54 Å². The van der Waals surface area contributed by atoms with Gasteiger partial charge in [0.15, 0.2) is 5.82 Å². The van der Waals surface area contributed by atoms with Crippen molar-refractivity contribution < 1.29 is 0 Å². The Bertz CT molecular complexity index is 1210. The lowest BCUT2D eigenvalue weighted by Crippen LogP contribution is -2.04. The number of hydrogen-bond acceptors (Lipinski definition) is 6. The van der Waals surface area contributed by atoms with Crippen molar-refractivity contribution in [3.63, 3.8) is 0 Å².